The number of rotatable bonds is 1. The van der Waals surface area contributed by atoms with Crippen LogP contribution in [0.3, 0.4) is 0 Å². The minimum Gasteiger partial charge on any atom is -0.375 e. The van der Waals surface area contributed by atoms with Crippen molar-refractivity contribution in [2.75, 3.05) is 24.6 Å². The van der Waals surface area contributed by atoms with Crippen molar-refractivity contribution >= 4 is 5.82 Å². The quantitative estimate of drug-likeness (QED) is 0.687. The third kappa shape index (κ3) is 2.08. The zero-order valence-corrected chi connectivity index (χ0v) is 8.68. The Bertz CT molecular complexity index is 386. The third-order valence-corrected chi connectivity index (χ3v) is 2.45. The van der Waals surface area contributed by atoms with Crippen molar-refractivity contribution in [3.63, 3.8) is 0 Å². The number of nitrogens with zero attached hydrogens (tertiary/aromatic N) is 3. The molecule has 1 aliphatic heterocycles. The molecule has 1 saturated heterocycles. The van der Waals surface area contributed by atoms with Gasteiger partial charge in [-0.25, -0.2) is 4.98 Å². The topological polar surface area (TPSA) is 49.2 Å². The monoisotopic (exact) mass is 203 g/mol. The van der Waals surface area contributed by atoms with Crippen LogP contribution in [0.5, 0.6) is 0 Å². The second kappa shape index (κ2) is 4.28. The van der Waals surface area contributed by atoms with Crippen molar-refractivity contribution in [3.05, 3.63) is 23.9 Å². The minimum absolute atomic E-state index is 0.201. The third-order valence-electron chi connectivity index (χ3n) is 2.45. The number of ether oxygens (including phenoxy) is 1. The molecular formula is C11H13N3O. The second-order valence-electron chi connectivity index (χ2n) is 3.61. The highest BCUT2D eigenvalue weighted by Gasteiger charge is 2.19. The van der Waals surface area contributed by atoms with Gasteiger partial charge in [0, 0.05) is 19.3 Å². The predicted molar refractivity (Wildman–Crippen MR) is 56.6 cm³/mol. The fourth-order valence-corrected chi connectivity index (χ4v) is 1.75. The lowest BCUT2D eigenvalue weighted by molar-refractivity contribution is 0.0529. The first kappa shape index (κ1) is 9.94. The zero-order valence-electron chi connectivity index (χ0n) is 8.68. The van der Waals surface area contributed by atoms with Crippen LogP contribution in [0.2, 0.25) is 0 Å². The number of hydrogen-bond acceptors (Lipinski definition) is 4. The normalized spacial score (nSPS) is 21.1. The molecule has 0 N–H and O–H groups in total. The van der Waals surface area contributed by atoms with Gasteiger partial charge < -0.3 is 9.64 Å². The average molecular weight is 203 g/mol. The molecule has 0 radical (unpaired) electrons. The Morgan fingerprint density at radius 1 is 1.67 bits per heavy atom. The summed E-state index contributed by atoms with van der Waals surface area (Å²) in [6, 6.07) is 5.74. The molecule has 4 nitrogen and oxygen atoms in total. The fourth-order valence-electron chi connectivity index (χ4n) is 1.75. The van der Waals surface area contributed by atoms with Gasteiger partial charge in [0.1, 0.15) is 11.9 Å². The molecule has 0 saturated carbocycles. The summed E-state index contributed by atoms with van der Waals surface area (Å²) in [6.07, 6.45) is 1.92. The predicted octanol–water partition coefficient (Wildman–Crippen LogP) is 1.18. The van der Waals surface area contributed by atoms with Crippen molar-refractivity contribution in [1.29, 1.82) is 5.26 Å². The molecule has 0 aromatic carbocycles. The summed E-state index contributed by atoms with van der Waals surface area (Å²) in [4.78, 5) is 6.36. The molecule has 0 amide bonds. The van der Waals surface area contributed by atoms with E-state index >= 15 is 0 Å². The highest BCUT2D eigenvalue weighted by atomic mass is 16.5. The van der Waals surface area contributed by atoms with E-state index in [1.165, 1.54) is 0 Å². The summed E-state index contributed by atoms with van der Waals surface area (Å²) >= 11 is 0. The van der Waals surface area contributed by atoms with Crippen LogP contribution in [0.25, 0.3) is 0 Å². The van der Waals surface area contributed by atoms with E-state index in [-0.39, 0.29) is 6.10 Å². The summed E-state index contributed by atoms with van der Waals surface area (Å²) in [6.45, 7) is 4.32. The van der Waals surface area contributed by atoms with Gasteiger partial charge in [-0.05, 0) is 19.1 Å². The average Bonchev–Trinajstić information content (AvgIpc) is 2.29. The summed E-state index contributed by atoms with van der Waals surface area (Å²) in [5.74, 6) is 0.773. The first-order valence-corrected chi connectivity index (χ1v) is 5.03. The van der Waals surface area contributed by atoms with E-state index < -0.39 is 0 Å². The van der Waals surface area contributed by atoms with Gasteiger partial charge in [0.2, 0.25) is 0 Å². The second-order valence-corrected chi connectivity index (χ2v) is 3.61. The number of pyridine rings is 1. The van der Waals surface area contributed by atoms with Crippen LogP contribution >= 0.6 is 0 Å². The number of anilines is 1. The van der Waals surface area contributed by atoms with E-state index in [0.29, 0.717) is 12.2 Å². The van der Waals surface area contributed by atoms with Crippen LogP contribution in [-0.4, -0.2) is 30.8 Å². The maximum absolute atomic E-state index is 8.97. The summed E-state index contributed by atoms with van der Waals surface area (Å²) in [5.41, 5.74) is 0.631. The molecule has 1 aromatic heterocycles. The summed E-state index contributed by atoms with van der Waals surface area (Å²) < 4.78 is 5.45. The largest absolute Gasteiger partial charge is 0.375 e. The number of nitriles is 1. The molecule has 0 bridgehead atoms. The number of morpholine rings is 1. The van der Waals surface area contributed by atoms with Crippen LogP contribution in [0.15, 0.2) is 18.3 Å². The van der Waals surface area contributed by atoms with Crippen molar-refractivity contribution < 1.29 is 4.74 Å². The minimum atomic E-state index is 0.201. The highest BCUT2D eigenvalue weighted by molar-refractivity contribution is 5.53. The lowest BCUT2D eigenvalue weighted by atomic mass is 10.2. The maximum atomic E-state index is 8.97. The molecule has 15 heavy (non-hydrogen) atoms. The van der Waals surface area contributed by atoms with E-state index in [4.69, 9.17) is 10.00 Å². The van der Waals surface area contributed by atoms with E-state index in [0.717, 1.165) is 18.9 Å². The molecule has 4 heteroatoms. The Hall–Kier alpha value is -1.60. The van der Waals surface area contributed by atoms with Crippen LogP contribution in [-0.2, 0) is 4.74 Å². The van der Waals surface area contributed by atoms with Crippen LogP contribution in [0.1, 0.15) is 12.5 Å². The standard InChI is InChI=1S/C11H13N3O/c1-9-8-14(5-6-15-9)11-10(7-12)3-2-4-13-11/h2-4,9H,5-6,8H2,1H3. The van der Waals surface area contributed by atoms with Gasteiger partial charge in [-0.15, -0.1) is 0 Å². The first-order valence-electron chi connectivity index (χ1n) is 5.03. The van der Waals surface area contributed by atoms with Crippen LogP contribution in [0, 0.1) is 11.3 Å². The van der Waals surface area contributed by atoms with E-state index in [1.54, 1.807) is 18.3 Å². The van der Waals surface area contributed by atoms with Gasteiger partial charge in [0.15, 0.2) is 0 Å². The van der Waals surface area contributed by atoms with Crippen molar-refractivity contribution in [1.82, 2.24) is 4.98 Å². The van der Waals surface area contributed by atoms with E-state index in [9.17, 15) is 0 Å². The fraction of sp³-hybridized carbons (Fsp3) is 0.455. The Kier molecular flexibility index (Phi) is 2.84. The molecule has 1 fully saturated rings. The van der Waals surface area contributed by atoms with Crippen molar-refractivity contribution in [3.8, 4) is 6.07 Å². The van der Waals surface area contributed by atoms with Gasteiger partial charge in [-0.3, -0.25) is 0 Å². The van der Waals surface area contributed by atoms with Crippen molar-refractivity contribution in [2.24, 2.45) is 0 Å². The lowest BCUT2D eigenvalue weighted by Crippen LogP contribution is -2.41. The molecule has 1 unspecified atom stereocenters. The summed E-state index contributed by atoms with van der Waals surface area (Å²) in [7, 11) is 0. The zero-order chi connectivity index (χ0) is 10.7. The first-order chi connectivity index (χ1) is 7.31. The molecule has 2 heterocycles. The molecule has 1 aromatic rings. The SMILES string of the molecule is CC1CN(c2ncccc2C#N)CCO1. The number of hydrogen-bond donors (Lipinski definition) is 0. The van der Waals surface area contributed by atoms with Gasteiger partial charge in [0.25, 0.3) is 0 Å². The van der Waals surface area contributed by atoms with Gasteiger partial charge in [0.05, 0.1) is 18.3 Å². The molecule has 2 rings (SSSR count). The van der Waals surface area contributed by atoms with Gasteiger partial charge in [-0.2, -0.15) is 5.26 Å². The van der Waals surface area contributed by atoms with Gasteiger partial charge in [-0.1, -0.05) is 0 Å². The number of aromatic nitrogens is 1. The summed E-state index contributed by atoms with van der Waals surface area (Å²) in [5, 5.41) is 8.97. The van der Waals surface area contributed by atoms with Crippen LogP contribution < -0.4 is 4.90 Å². The molecule has 78 valence electrons. The smallest absolute Gasteiger partial charge is 0.146 e. The molecule has 0 spiro atoms. The Morgan fingerprint density at radius 3 is 3.27 bits per heavy atom. The van der Waals surface area contributed by atoms with E-state index in [2.05, 4.69) is 16.0 Å². The highest BCUT2D eigenvalue weighted by Crippen LogP contribution is 2.18. The maximum Gasteiger partial charge on any atom is 0.146 e. The molecule has 0 aliphatic carbocycles. The Balaban J connectivity index is 2.25. The molecular weight excluding hydrogens is 190 g/mol. The van der Waals surface area contributed by atoms with Crippen molar-refractivity contribution in [2.45, 2.75) is 13.0 Å². The Morgan fingerprint density at radius 2 is 2.53 bits per heavy atom. The molecule has 1 atom stereocenters. The van der Waals surface area contributed by atoms with Crippen LogP contribution in [0.4, 0.5) is 5.82 Å². The molecule has 1 aliphatic rings. The Labute approximate surface area is 89.1 Å². The van der Waals surface area contributed by atoms with Gasteiger partial charge >= 0.3 is 0 Å². The van der Waals surface area contributed by atoms with E-state index in [1.807, 2.05) is 6.92 Å². The lowest BCUT2D eigenvalue weighted by Gasteiger charge is -2.32.